The summed E-state index contributed by atoms with van der Waals surface area (Å²) in [6, 6.07) is 9.69. The Morgan fingerprint density at radius 2 is 2.08 bits per heavy atom. The fraction of sp³-hybridized carbons (Fsp3) is 0.370. The number of pyridine rings is 1. The van der Waals surface area contributed by atoms with E-state index in [4.69, 9.17) is 9.26 Å². The summed E-state index contributed by atoms with van der Waals surface area (Å²) in [4.78, 5) is 34.6. The van der Waals surface area contributed by atoms with Crippen molar-refractivity contribution >= 4 is 45.3 Å². The average Bonchev–Trinajstić information content (AvgIpc) is 3.41. The van der Waals surface area contributed by atoms with Crippen molar-refractivity contribution in [3.63, 3.8) is 0 Å². The van der Waals surface area contributed by atoms with Gasteiger partial charge in [-0.05, 0) is 48.4 Å². The summed E-state index contributed by atoms with van der Waals surface area (Å²) in [5, 5.41) is 13.1. The van der Waals surface area contributed by atoms with Crippen LogP contribution in [-0.2, 0) is 20.7 Å². The molecular weight excluding hydrogens is 490 g/mol. The minimum Gasteiger partial charge on any atom is -0.451 e. The third-order valence-electron chi connectivity index (χ3n) is 6.58. The number of thiophene rings is 1. The molecule has 1 aliphatic rings. The molecule has 37 heavy (non-hydrogen) atoms. The van der Waals surface area contributed by atoms with Crippen LogP contribution in [0.15, 0.2) is 41.1 Å². The van der Waals surface area contributed by atoms with Gasteiger partial charge in [0.2, 0.25) is 11.7 Å². The van der Waals surface area contributed by atoms with Gasteiger partial charge < -0.3 is 19.9 Å². The van der Waals surface area contributed by atoms with Gasteiger partial charge in [0, 0.05) is 47.8 Å². The lowest BCUT2D eigenvalue weighted by Crippen LogP contribution is -2.59. The minimum absolute atomic E-state index is 0.0959. The normalized spacial score (nSPS) is 19.0. The molecule has 1 aliphatic carbocycles. The van der Waals surface area contributed by atoms with Gasteiger partial charge in [-0.3, -0.25) is 9.59 Å². The molecule has 3 heterocycles. The lowest BCUT2D eigenvalue weighted by Gasteiger charge is -2.44. The first-order chi connectivity index (χ1) is 17.8. The van der Waals surface area contributed by atoms with Crippen LogP contribution in [0.2, 0.25) is 0 Å². The highest BCUT2D eigenvalue weighted by Crippen LogP contribution is 2.40. The highest BCUT2D eigenvalue weighted by Gasteiger charge is 2.53. The van der Waals surface area contributed by atoms with E-state index < -0.39 is 5.60 Å². The van der Waals surface area contributed by atoms with Gasteiger partial charge in [-0.1, -0.05) is 31.1 Å². The number of anilines is 2. The molecule has 0 atom stereocenters. The minimum atomic E-state index is -1.21. The SMILES string of the molecule is Cc1nc(-c2ccc3ccnc(N[C@H]4C[C@](OC=O)(C(=O)Nc5cc(C)c(CC(C)C)s5)C4)c3c2)no1. The molecule has 1 saturated carbocycles. The van der Waals surface area contributed by atoms with E-state index in [2.05, 4.69) is 39.6 Å². The van der Waals surface area contributed by atoms with Crippen LogP contribution >= 0.6 is 11.3 Å². The Morgan fingerprint density at radius 3 is 2.78 bits per heavy atom. The molecular formula is C27H29N5O4S. The number of carbonyl (C=O) groups excluding carboxylic acids is 2. The summed E-state index contributed by atoms with van der Waals surface area (Å²) in [6.45, 7) is 8.49. The number of fused-ring (bicyclic) bond motifs is 1. The fourth-order valence-electron chi connectivity index (χ4n) is 4.68. The van der Waals surface area contributed by atoms with Crippen LogP contribution in [0.25, 0.3) is 22.2 Å². The van der Waals surface area contributed by atoms with Crippen molar-refractivity contribution in [2.24, 2.45) is 5.92 Å². The molecule has 9 nitrogen and oxygen atoms in total. The zero-order valence-electron chi connectivity index (χ0n) is 21.2. The van der Waals surface area contributed by atoms with E-state index in [9.17, 15) is 9.59 Å². The first kappa shape index (κ1) is 24.9. The predicted octanol–water partition coefficient (Wildman–Crippen LogP) is 5.29. The van der Waals surface area contributed by atoms with E-state index in [1.165, 1.54) is 4.88 Å². The Hall–Kier alpha value is -3.79. The van der Waals surface area contributed by atoms with Gasteiger partial charge in [0.25, 0.3) is 12.4 Å². The van der Waals surface area contributed by atoms with E-state index in [0.29, 0.717) is 42.8 Å². The van der Waals surface area contributed by atoms with Crippen LogP contribution in [0.3, 0.4) is 0 Å². The standard InChI is InChI=1S/C27H29N5O4S/c1-15(2)9-22-16(3)10-23(37-22)31-26(34)27(35-14-33)12-20(13-27)30-25-21-11-19(24-29-17(4)36-32-24)6-5-18(21)7-8-28-25/h5-8,10-11,14-15,20H,9,12-13H2,1-4H3,(H,28,30)(H,31,34)/t20-,27+. The predicted molar refractivity (Wildman–Crippen MR) is 143 cm³/mol. The third-order valence-corrected chi connectivity index (χ3v) is 7.76. The Kier molecular flexibility index (Phi) is 6.68. The summed E-state index contributed by atoms with van der Waals surface area (Å²) >= 11 is 1.57. The molecule has 3 aromatic heterocycles. The Bertz CT molecular complexity index is 1450. The van der Waals surface area contributed by atoms with Gasteiger partial charge in [-0.2, -0.15) is 4.98 Å². The zero-order valence-corrected chi connectivity index (χ0v) is 22.0. The molecule has 10 heteroatoms. The monoisotopic (exact) mass is 519 g/mol. The molecule has 192 valence electrons. The van der Waals surface area contributed by atoms with Gasteiger partial charge in [0.05, 0.1) is 5.00 Å². The van der Waals surface area contributed by atoms with Gasteiger partial charge in [-0.25, -0.2) is 4.98 Å². The van der Waals surface area contributed by atoms with Crippen molar-refractivity contribution in [1.82, 2.24) is 15.1 Å². The highest BCUT2D eigenvalue weighted by molar-refractivity contribution is 7.16. The van der Waals surface area contributed by atoms with Gasteiger partial charge in [0.15, 0.2) is 5.60 Å². The molecule has 1 fully saturated rings. The largest absolute Gasteiger partial charge is 0.451 e. The van der Waals surface area contributed by atoms with E-state index in [1.54, 1.807) is 24.5 Å². The number of aromatic nitrogens is 3. The average molecular weight is 520 g/mol. The Morgan fingerprint density at radius 1 is 1.27 bits per heavy atom. The highest BCUT2D eigenvalue weighted by atomic mass is 32.1. The van der Waals surface area contributed by atoms with Crippen LogP contribution in [-0.4, -0.2) is 39.1 Å². The van der Waals surface area contributed by atoms with Gasteiger partial charge in [-0.15, -0.1) is 11.3 Å². The maximum absolute atomic E-state index is 13.2. The third kappa shape index (κ3) is 5.06. The smallest absolute Gasteiger partial charge is 0.294 e. The molecule has 0 bridgehead atoms. The number of hydrogen-bond acceptors (Lipinski definition) is 9. The number of benzene rings is 1. The molecule has 0 spiro atoms. The number of ether oxygens (including phenoxy) is 1. The number of carbonyl (C=O) groups is 2. The van der Waals surface area contributed by atoms with Crippen LogP contribution in [0.1, 0.15) is 43.0 Å². The summed E-state index contributed by atoms with van der Waals surface area (Å²) in [7, 11) is 0. The number of nitrogens with zero attached hydrogens (tertiary/aromatic N) is 3. The molecule has 1 amide bonds. The molecule has 5 rings (SSSR count). The summed E-state index contributed by atoms with van der Waals surface area (Å²) < 4.78 is 10.5. The number of hydrogen-bond donors (Lipinski definition) is 2. The van der Waals surface area contributed by atoms with Gasteiger partial charge >= 0.3 is 0 Å². The molecule has 0 unspecified atom stereocenters. The zero-order chi connectivity index (χ0) is 26.2. The first-order valence-electron chi connectivity index (χ1n) is 12.2. The van der Waals surface area contributed by atoms with Crippen molar-refractivity contribution in [2.75, 3.05) is 10.6 Å². The second-order valence-electron chi connectivity index (χ2n) is 9.96. The molecule has 2 N–H and O–H groups in total. The summed E-state index contributed by atoms with van der Waals surface area (Å²) in [6.07, 6.45) is 3.36. The molecule has 0 saturated heterocycles. The lowest BCUT2D eigenvalue weighted by atomic mass is 9.74. The second kappa shape index (κ2) is 9.93. The Balaban J connectivity index is 1.31. The molecule has 0 radical (unpaired) electrons. The van der Waals surface area contributed by atoms with Crippen molar-refractivity contribution in [3.8, 4) is 11.4 Å². The summed E-state index contributed by atoms with van der Waals surface area (Å²) in [5.74, 6) is 1.90. The van der Waals surface area contributed by atoms with E-state index >= 15 is 0 Å². The number of nitrogens with one attached hydrogen (secondary N) is 2. The number of rotatable bonds is 9. The van der Waals surface area contributed by atoms with Crippen molar-refractivity contribution in [3.05, 3.63) is 52.9 Å². The van der Waals surface area contributed by atoms with Crippen molar-refractivity contribution < 1.29 is 18.8 Å². The second-order valence-corrected chi connectivity index (χ2v) is 11.1. The topological polar surface area (TPSA) is 119 Å². The van der Waals surface area contributed by atoms with Crippen molar-refractivity contribution in [1.29, 1.82) is 0 Å². The van der Waals surface area contributed by atoms with E-state index in [0.717, 1.165) is 33.3 Å². The van der Waals surface area contributed by atoms with Crippen LogP contribution in [0, 0.1) is 19.8 Å². The molecule has 4 aromatic rings. The first-order valence-corrected chi connectivity index (χ1v) is 13.1. The van der Waals surface area contributed by atoms with Crippen LogP contribution < -0.4 is 10.6 Å². The van der Waals surface area contributed by atoms with Crippen LogP contribution in [0.5, 0.6) is 0 Å². The fourth-order valence-corrected chi connectivity index (χ4v) is 5.96. The van der Waals surface area contributed by atoms with Gasteiger partial charge in [0.1, 0.15) is 5.82 Å². The molecule has 0 aliphatic heterocycles. The number of aryl methyl sites for hydroxylation is 2. The maximum atomic E-state index is 13.2. The van der Waals surface area contributed by atoms with E-state index in [-0.39, 0.29) is 11.9 Å². The van der Waals surface area contributed by atoms with Crippen LogP contribution in [0.4, 0.5) is 10.8 Å². The summed E-state index contributed by atoms with van der Waals surface area (Å²) in [5.41, 5.74) is 0.757. The van der Waals surface area contributed by atoms with E-state index in [1.807, 2.05) is 37.3 Å². The quantitative estimate of drug-likeness (QED) is 0.287. The Labute approximate surface area is 218 Å². The maximum Gasteiger partial charge on any atom is 0.294 e. The molecule has 1 aromatic carbocycles. The van der Waals surface area contributed by atoms with Crippen molar-refractivity contribution in [2.45, 2.75) is 58.6 Å². The number of amides is 1. The lowest BCUT2D eigenvalue weighted by molar-refractivity contribution is -0.165.